The third-order valence-electron chi connectivity index (χ3n) is 5.16. The van der Waals surface area contributed by atoms with Gasteiger partial charge < -0.3 is 65.9 Å². The fourth-order valence-corrected chi connectivity index (χ4v) is 3.10. The molecule has 0 saturated heterocycles. The number of aliphatic hydroxyl groups excluding tert-OH is 1. The molecule has 232 valence electrons. The van der Waals surface area contributed by atoms with Gasteiger partial charge in [-0.3, -0.25) is 34.0 Å². The van der Waals surface area contributed by atoms with Gasteiger partial charge in [0.2, 0.25) is 29.5 Å². The summed E-state index contributed by atoms with van der Waals surface area (Å²) in [5, 5.41) is 27.6. The van der Waals surface area contributed by atoms with Crippen molar-refractivity contribution >= 4 is 47.4 Å². The van der Waals surface area contributed by atoms with Crippen LogP contribution in [0.3, 0.4) is 0 Å². The van der Waals surface area contributed by atoms with E-state index in [1.54, 1.807) is 0 Å². The molecule has 41 heavy (non-hydrogen) atoms. The number of hydrogen-bond donors (Lipinski definition) is 12. The molecule has 0 aliphatic carbocycles. The zero-order valence-electron chi connectivity index (χ0n) is 22.4. The van der Waals surface area contributed by atoms with Crippen LogP contribution in [0.4, 0.5) is 0 Å². The molecule has 18 N–H and O–H groups in total. The first kappa shape index (κ1) is 36.3. The number of rotatable bonds is 20. The molecule has 0 spiro atoms. The van der Waals surface area contributed by atoms with Gasteiger partial charge in [-0.25, -0.2) is 4.79 Å². The normalized spacial score (nSPS) is 13.3. The van der Waals surface area contributed by atoms with E-state index in [-0.39, 0.29) is 44.3 Å². The zero-order valence-corrected chi connectivity index (χ0v) is 22.4. The summed E-state index contributed by atoms with van der Waals surface area (Å²) in [7, 11) is 0. The second-order valence-electron chi connectivity index (χ2n) is 8.66. The summed E-state index contributed by atoms with van der Waals surface area (Å²) >= 11 is 0. The summed E-state index contributed by atoms with van der Waals surface area (Å²) in [6.07, 6.45) is -0.0119. The summed E-state index contributed by atoms with van der Waals surface area (Å²) in [4.78, 5) is 79.9. The largest absolute Gasteiger partial charge is 0.480 e. The number of nitrogens with two attached hydrogens (primary N) is 6. The lowest BCUT2D eigenvalue weighted by Crippen LogP contribution is -2.56. The SMILES string of the molecule is NC(=O)C[C@H](NC(=O)CNC(=O)[C@H](CO)NC(=O)[C@@H](N)CCCN=C(N)N)C(=O)N[C@@H](CCCN=C(N)N)C(=O)O. The fourth-order valence-electron chi connectivity index (χ4n) is 3.10. The van der Waals surface area contributed by atoms with Crippen LogP contribution in [0.15, 0.2) is 9.98 Å². The molecule has 0 unspecified atom stereocenters. The van der Waals surface area contributed by atoms with E-state index in [1.807, 2.05) is 0 Å². The maximum Gasteiger partial charge on any atom is 0.326 e. The number of guanidine groups is 2. The van der Waals surface area contributed by atoms with Crippen LogP contribution < -0.4 is 55.7 Å². The Morgan fingerprint density at radius 2 is 1.24 bits per heavy atom. The van der Waals surface area contributed by atoms with E-state index < -0.39 is 79.2 Å². The standard InChI is InChI=1S/C21H40N12O8/c22-10(3-1-5-28-20(24)25)16(37)33-13(9-34)17(38)30-8-15(36)31-12(7-14(23)35)18(39)32-11(19(40)41)4-2-6-29-21(26)27/h10-13,34H,1-9,22H2,(H2,23,35)(H,30,38)(H,31,36)(H,32,39)(H,33,37)(H,40,41)(H4,24,25,28)(H4,26,27,29)/t10-,11-,12-,13-/m0/s1. The van der Waals surface area contributed by atoms with Crippen molar-refractivity contribution in [1.82, 2.24) is 21.3 Å². The van der Waals surface area contributed by atoms with Gasteiger partial charge in [-0.15, -0.1) is 0 Å². The molecule has 0 saturated carbocycles. The van der Waals surface area contributed by atoms with Crippen LogP contribution in [0, 0.1) is 0 Å². The summed E-state index contributed by atoms with van der Waals surface area (Å²) < 4.78 is 0. The van der Waals surface area contributed by atoms with Gasteiger partial charge in [0.15, 0.2) is 11.9 Å². The molecule has 0 fully saturated rings. The Morgan fingerprint density at radius 3 is 1.73 bits per heavy atom. The molecule has 20 heteroatoms. The molecule has 0 aliphatic heterocycles. The average Bonchev–Trinajstić information content (AvgIpc) is 2.88. The highest BCUT2D eigenvalue weighted by atomic mass is 16.4. The van der Waals surface area contributed by atoms with Crippen molar-refractivity contribution in [3.05, 3.63) is 0 Å². The zero-order chi connectivity index (χ0) is 31.5. The van der Waals surface area contributed by atoms with Crippen molar-refractivity contribution in [2.75, 3.05) is 26.2 Å². The van der Waals surface area contributed by atoms with Crippen LogP contribution >= 0.6 is 0 Å². The van der Waals surface area contributed by atoms with Crippen LogP contribution in [0.5, 0.6) is 0 Å². The predicted octanol–water partition coefficient (Wildman–Crippen LogP) is -7.06. The van der Waals surface area contributed by atoms with Gasteiger partial charge in [0.25, 0.3) is 0 Å². The minimum Gasteiger partial charge on any atom is -0.480 e. The highest BCUT2D eigenvalue weighted by molar-refractivity contribution is 5.95. The third kappa shape index (κ3) is 16.8. The van der Waals surface area contributed by atoms with Gasteiger partial charge in [0.1, 0.15) is 18.1 Å². The number of nitrogens with one attached hydrogen (secondary N) is 4. The van der Waals surface area contributed by atoms with Crippen molar-refractivity contribution in [2.24, 2.45) is 44.4 Å². The number of aliphatic carboxylic acids is 1. The van der Waals surface area contributed by atoms with Crippen molar-refractivity contribution in [2.45, 2.75) is 56.3 Å². The van der Waals surface area contributed by atoms with E-state index in [9.17, 15) is 39.0 Å². The van der Waals surface area contributed by atoms with Crippen LogP contribution in [0.1, 0.15) is 32.1 Å². The Labute approximate surface area is 235 Å². The molecule has 4 atom stereocenters. The molecular weight excluding hydrogens is 548 g/mol. The molecule has 0 rings (SSSR count). The molecule has 5 amide bonds. The first-order valence-corrected chi connectivity index (χ1v) is 12.3. The first-order chi connectivity index (χ1) is 19.2. The number of carboxylic acids is 1. The molecular formula is C21H40N12O8. The van der Waals surface area contributed by atoms with Crippen molar-refractivity contribution in [3.63, 3.8) is 0 Å². The van der Waals surface area contributed by atoms with Gasteiger partial charge in [0.05, 0.1) is 25.6 Å². The molecule has 0 heterocycles. The summed E-state index contributed by atoms with van der Waals surface area (Å²) in [5.41, 5.74) is 31.7. The summed E-state index contributed by atoms with van der Waals surface area (Å²) in [6, 6.07) is -5.46. The van der Waals surface area contributed by atoms with Crippen molar-refractivity contribution in [3.8, 4) is 0 Å². The maximum absolute atomic E-state index is 12.6. The smallest absolute Gasteiger partial charge is 0.326 e. The van der Waals surface area contributed by atoms with E-state index in [2.05, 4.69) is 31.3 Å². The average molecular weight is 589 g/mol. The van der Waals surface area contributed by atoms with E-state index in [0.29, 0.717) is 6.42 Å². The number of primary amides is 1. The summed E-state index contributed by atoms with van der Waals surface area (Å²) in [6.45, 7) is -1.23. The molecule has 20 nitrogen and oxygen atoms in total. The molecule has 0 radical (unpaired) electrons. The quantitative estimate of drug-likeness (QED) is 0.0357. The number of carboxylic acid groups (broad SMARTS) is 1. The molecule has 0 bridgehead atoms. The minimum atomic E-state index is -1.57. The number of amides is 5. The first-order valence-electron chi connectivity index (χ1n) is 12.3. The second-order valence-corrected chi connectivity index (χ2v) is 8.66. The van der Waals surface area contributed by atoms with Gasteiger partial charge in [-0.2, -0.15) is 0 Å². The minimum absolute atomic E-state index is 0.0701. The molecule has 0 aliphatic rings. The lowest BCUT2D eigenvalue weighted by molar-refractivity contribution is -0.142. The van der Waals surface area contributed by atoms with Gasteiger partial charge in [-0.05, 0) is 25.7 Å². The lowest BCUT2D eigenvalue weighted by Gasteiger charge is -2.21. The van der Waals surface area contributed by atoms with E-state index >= 15 is 0 Å². The van der Waals surface area contributed by atoms with Crippen LogP contribution in [0.25, 0.3) is 0 Å². The Hall–Kier alpha value is -4.72. The Bertz CT molecular complexity index is 981. The lowest BCUT2D eigenvalue weighted by atomic mass is 10.1. The van der Waals surface area contributed by atoms with Gasteiger partial charge >= 0.3 is 5.97 Å². The molecule has 0 aromatic carbocycles. The Balaban J connectivity index is 5.00. The van der Waals surface area contributed by atoms with Gasteiger partial charge in [-0.1, -0.05) is 0 Å². The summed E-state index contributed by atoms with van der Waals surface area (Å²) in [5.74, 6) is -6.36. The Morgan fingerprint density at radius 1 is 0.707 bits per heavy atom. The fraction of sp³-hybridized carbons (Fsp3) is 0.619. The monoisotopic (exact) mass is 588 g/mol. The number of carbonyl (C=O) groups is 6. The second kappa shape index (κ2) is 19.4. The van der Waals surface area contributed by atoms with Crippen LogP contribution in [-0.2, 0) is 28.8 Å². The van der Waals surface area contributed by atoms with Crippen LogP contribution in [-0.4, -0.2) is 108 Å². The predicted molar refractivity (Wildman–Crippen MR) is 145 cm³/mol. The molecule has 0 aromatic heterocycles. The van der Waals surface area contributed by atoms with Crippen LogP contribution in [0.2, 0.25) is 0 Å². The number of aliphatic imine (C=N–C) groups is 2. The highest BCUT2D eigenvalue weighted by Crippen LogP contribution is 2.02. The number of aliphatic hydroxyl groups is 1. The van der Waals surface area contributed by atoms with E-state index in [4.69, 9.17) is 34.4 Å². The van der Waals surface area contributed by atoms with E-state index in [0.717, 1.165) is 0 Å². The Kier molecular flexibility index (Phi) is 17.1. The highest BCUT2D eigenvalue weighted by Gasteiger charge is 2.28. The van der Waals surface area contributed by atoms with Crippen molar-refractivity contribution in [1.29, 1.82) is 0 Å². The van der Waals surface area contributed by atoms with E-state index in [1.165, 1.54) is 0 Å². The third-order valence-corrected chi connectivity index (χ3v) is 5.16. The van der Waals surface area contributed by atoms with Gasteiger partial charge in [0, 0.05) is 13.1 Å². The van der Waals surface area contributed by atoms with Crippen molar-refractivity contribution < 1.29 is 39.0 Å². The number of carbonyl (C=O) groups excluding carboxylic acids is 5. The molecule has 0 aromatic rings. The number of nitrogens with zero attached hydrogens (tertiary/aromatic N) is 2. The maximum atomic E-state index is 12.6. The topological polar surface area (TPSA) is 372 Å². The number of hydrogen-bond acceptors (Lipinski definition) is 10.